The number of hydrogen-bond donors (Lipinski definition) is 1. The Morgan fingerprint density at radius 1 is 0.875 bits per heavy atom. The van der Waals surface area contributed by atoms with Crippen LogP contribution in [0.15, 0.2) is 54.6 Å². The number of rotatable bonds is 1. The number of carbonyl (C=O) groups is 1. The molecule has 2 aromatic rings. The van der Waals surface area contributed by atoms with Gasteiger partial charge in [-0.25, -0.2) is 0 Å². The largest absolute Gasteiger partial charge is 0.371 e. The van der Waals surface area contributed by atoms with Crippen molar-refractivity contribution in [3.63, 3.8) is 0 Å². The molecule has 1 atom stereocenters. The first-order chi connectivity index (χ1) is 7.86. The lowest BCUT2D eigenvalue weighted by molar-refractivity contribution is 0.0979. The Morgan fingerprint density at radius 3 is 2.31 bits per heavy atom. The van der Waals surface area contributed by atoms with Crippen LogP contribution in [-0.2, 0) is 0 Å². The fraction of sp³-hybridized carbons (Fsp3) is 0.0714. The Kier molecular flexibility index (Phi) is 2.00. The fourth-order valence-electron chi connectivity index (χ4n) is 2.08. The molecule has 0 aliphatic carbocycles. The lowest BCUT2D eigenvalue weighted by atomic mass is 10.0. The number of hydrogen-bond acceptors (Lipinski definition) is 2. The van der Waals surface area contributed by atoms with E-state index in [1.807, 2.05) is 54.6 Å². The van der Waals surface area contributed by atoms with Gasteiger partial charge in [-0.05, 0) is 17.7 Å². The predicted octanol–water partition coefficient (Wildman–Crippen LogP) is 3.04. The molecule has 0 fully saturated rings. The number of benzene rings is 2. The third kappa shape index (κ3) is 1.31. The summed E-state index contributed by atoms with van der Waals surface area (Å²) in [5, 5.41) is 3.25. The van der Waals surface area contributed by atoms with Crippen LogP contribution in [-0.4, -0.2) is 5.78 Å². The molecule has 1 aliphatic heterocycles. The normalized spacial score (nSPS) is 18.0. The van der Waals surface area contributed by atoms with Crippen molar-refractivity contribution in [1.82, 2.24) is 0 Å². The molecule has 1 N–H and O–H groups in total. The van der Waals surface area contributed by atoms with Gasteiger partial charge in [-0.2, -0.15) is 0 Å². The van der Waals surface area contributed by atoms with Gasteiger partial charge in [0.1, 0.15) is 6.04 Å². The maximum absolute atomic E-state index is 12.1. The van der Waals surface area contributed by atoms with E-state index in [1.54, 1.807) is 0 Å². The monoisotopic (exact) mass is 209 g/mol. The molecule has 0 saturated carbocycles. The molecular weight excluding hydrogens is 198 g/mol. The molecule has 2 aromatic carbocycles. The highest BCUT2D eigenvalue weighted by molar-refractivity contribution is 6.10. The number of ketones is 1. The summed E-state index contributed by atoms with van der Waals surface area (Å²) in [5.74, 6) is 0.154. The summed E-state index contributed by atoms with van der Waals surface area (Å²) < 4.78 is 0. The molecule has 16 heavy (non-hydrogen) atoms. The summed E-state index contributed by atoms with van der Waals surface area (Å²) in [6, 6.07) is 17.2. The summed E-state index contributed by atoms with van der Waals surface area (Å²) in [5.41, 5.74) is 2.74. The molecule has 0 bridgehead atoms. The first-order valence-electron chi connectivity index (χ1n) is 5.31. The van der Waals surface area contributed by atoms with Crippen molar-refractivity contribution < 1.29 is 4.79 Å². The van der Waals surface area contributed by atoms with Gasteiger partial charge in [-0.3, -0.25) is 4.79 Å². The van der Waals surface area contributed by atoms with Crippen molar-refractivity contribution in [2.45, 2.75) is 6.04 Å². The second-order valence-corrected chi connectivity index (χ2v) is 3.90. The van der Waals surface area contributed by atoms with E-state index in [1.165, 1.54) is 0 Å². The minimum Gasteiger partial charge on any atom is -0.371 e. The van der Waals surface area contributed by atoms with Crippen LogP contribution in [0.2, 0.25) is 0 Å². The molecule has 2 nitrogen and oxygen atoms in total. The average Bonchev–Trinajstić information content (AvgIpc) is 2.69. The van der Waals surface area contributed by atoms with Crippen molar-refractivity contribution in [2.75, 3.05) is 5.32 Å². The second kappa shape index (κ2) is 3.49. The zero-order chi connectivity index (χ0) is 11.0. The topological polar surface area (TPSA) is 29.1 Å². The van der Waals surface area contributed by atoms with Crippen LogP contribution in [0.5, 0.6) is 0 Å². The Bertz CT molecular complexity index is 533. The molecular formula is C14H11NO. The molecule has 0 amide bonds. The fourth-order valence-corrected chi connectivity index (χ4v) is 2.08. The van der Waals surface area contributed by atoms with Crippen LogP contribution in [0, 0.1) is 0 Å². The van der Waals surface area contributed by atoms with Crippen molar-refractivity contribution in [1.29, 1.82) is 0 Å². The molecule has 78 valence electrons. The van der Waals surface area contributed by atoms with Gasteiger partial charge in [0.15, 0.2) is 5.78 Å². The maximum Gasteiger partial charge on any atom is 0.191 e. The van der Waals surface area contributed by atoms with Crippen molar-refractivity contribution in [3.8, 4) is 0 Å². The van der Waals surface area contributed by atoms with Crippen LogP contribution in [0.3, 0.4) is 0 Å². The predicted molar refractivity (Wildman–Crippen MR) is 63.6 cm³/mol. The first kappa shape index (κ1) is 9.16. The van der Waals surface area contributed by atoms with Crippen LogP contribution < -0.4 is 5.32 Å². The highest BCUT2D eigenvalue weighted by atomic mass is 16.1. The van der Waals surface area contributed by atoms with Gasteiger partial charge in [0.05, 0.1) is 0 Å². The molecule has 0 spiro atoms. The van der Waals surface area contributed by atoms with E-state index in [4.69, 9.17) is 0 Å². The summed E-state index contributed by atoms with van der Waals surface area (Å²) in [6.45, 7) is 0. The molecule has 0 radical (unpaired) electrons. The smallest absolute Gasteiger partial charge is 0.191 e. The third-order valence-corrected chi connectivity index (χ3v) is 2.89. The summed E-state index contributed by atoms with van der Waals surface area (Å²) in [7, 11) is 0. The van der Waals surface area contributed by atoms with E-state index < -0.39 is 0 Å². The lowest BCUT2D eigenvalue weighted by Crippen LogP contribution is -2.12. The van der Waals surface area contributed by atoms with Crippen LogP contribution in [0.4, 0.5) is 5.69 Å². The van der Waals surface area contributed by atoms with E-state index in [9.17, 15) is 4.79 Å². The highest BCUT2D eigenvalue weighted by Gasteiger charge is 2.30. The maximum atomic E-state index is 12.1. The zero-order valence-corrected chi connectivity index (χ0v) is 8.68. The van der Waals surface area contributed by atoms with Gasteiger partial charge in [-0.15, -0.1) is 0 Å². The number of fused-ring (bicyclic) bond motifs is 1. The third-order valence-electron chi connectivity index (χ3n) is 2.89. The van der Waals surface area contributed by atoms with Gasteiger partial charge < -0.3 is 5.32 Å². The molecule has 3 rings (SSSR count). The van der Waals surface area contributed by atoms with Crippen LogP contribution in [0.1, 0.15) is 22.0 Å². The number of carbonyl (C=O) groups excluding carboxylic acids is 1. The van der Waals surface area contributed by atoms with Gasteiger partial charge in [0.25, 0.3) is 0 Å². The minimum absolute atomic E-state index is 0.154. The first-order valence-corrected chi connectivity index (χ1v) is 5.31. The van der Waals surface area contributed by atoms with E-state index in [2.05, 4.69) is 5.32 Å². The standard InChI is InChI=1S/C14H11NO/c16-14-11-8-4-5-9-12(11)15-13(14)10-6-2-1-3-7-10/h1-9,13,15H. The van der Waals surface area contributed by atoms with Gasteiger partial charge in [0.2, 0.25) is 0 Å². The summed E-state index contributed by atoms with van der Waals surface area (Å²) >= 11 is 0. The van der Waals surface area contributed by atoms with Crippen molar-refractivity contribution in [2.24, 2.45) is 0 Å². The number of nitrogens with one attached hydrogen (secondary N) is 1. The molecule has 0 saturated heterocycles. The van der Waals surface area contributed by atoms with Crippen molar-refractivity contribution in [3.05, 3.63) is 65.7 Å². The van der Waals surface area contributed by atoms with Crippen LogP contribution in [0.25, 0.3) is 0 Å². The second-order valence-electron chi connectivity index (χ2n) is 3.90. The van der Waals surface area contributed by atoms with E-state index in [0.717, 1.165) is 16.8 Å². The molecule has 0 aromatic heterocycles. The molecule has 1 heterocycles. The molecule has 1 aliphatic rings. The summed E-state index contributed by atoms with van der Waals surface area (Å²) in [6.07, 6.45) is 0. The zero-order valence-electron chi connectivity index (χ0n) is 8.68. The van der Waals surface area contributed by atoms with Crippen LogP contribution >= 0.6 is 0 Å². The number of anilines is 1. The van der Waals surface area contributed by atoms with Gasteiger partial charge in [-0.1, -0.05) is 42.5 Å². The highest BCUT2D eigenvalue weighted by Crippen LogP contribution is 2.33. The van der Waals surface area contributed by atoms with Gasteiger partial charge in [0, 0.05) is 11.3 Å². The van der Waals surface area contributed by atoms with E-state index >= 15 is 0 Å². The Morgan fingerprint density at radius 2 is 1.56 bits per heavy atom. The van der Waals surface area contributed by atoms with E-state index in [0.29, 0.717) is 0 Å². The van der Waals surface area contributed by atoms with E-state index in [-0.39, 0.29) is 11.8 Å². The lowest BCUT2D eigenvalue weighted by Gasteiger charge is -2.09. The Hall–Kier alpha value is -2.09. The number of Topliss-reactive ketones (excluding diaryl/α,β-unsaturated/α-hetero) is 1. The Balaban J connectivity index is 2.02. The Labute approximate surface area is 93.9 Å². The SMILES string of the molecule is O=C1c2ccccc2NC1c1ccccc1. The van der Waals surface area contributed by atoms with Crippen molar-refractivity contribution >= 4 is 11.5 Å². The molecule has 1 unspecified atom stereocenters. The summed E-state index contributed by atoms with van der Waals surface area (Å²) in [4.78, 5) is 12.1. The minimum atomic E-state index is -0.224. The number of para-hydroxylation sites is 1. The van der Waals surface area contributed by atoms with Gasteiger partial charge >= 0.3 is 0 Å². The quantitative estimate of drug-likeness (QED) is 0.782. The average molecular weight is 209 g/mol. The molecule has 2 heteroatoms.